The predicted octanol–water partition coefficient (Wildman–Crippen LogP) is 4.40. The van der Waals surface area contributed by atoms with Gasteiger partial charge in [0.15, 0.2) is 0 Å². The number of likely N-dealkylation sites (tertiary alicyclic amines) is 1. The van der Waals surface area contributed by atoms with Gasteiger partial charge in [-0.25, -0.2) is 8.78 Å². The molecule has 1 aliphatic heterocycles. The monoisotopic (exact) mass is 577 g/mol. The summed E-state index contributed by atoms with van der Waals surface area (Å²) in [4.78, 5) is 39.5. The SMILES string of the molecule is CCN(C(=O)C/C=C\Nc1cccc(NC(=O)CN2CCCC(F)(F)C2)c1)/C(=C/C(=O)NCC(F)(F)F)SC. The molecule has 3 N–H and O–H groups in total. The van der Waals surface area contributed by atoms with Crippen molar-refractivity contribution in [1.82, 2.24) is 15.1 Å². The number of benzene rings is 1. The van der Waals surface area contributed by atoms with Crippen LogP contribution in [0.4, 0.5) is 33.3 Å². The molecule has 1 saturated heterocycles. The molecule has 216 valence electrons. The van der Waals surface area contributed by atoms with Crippen LogP contribution in [0.15, 0.2) is 47.6 Å². The molecule has 0 spiro atoms. The second-order valence-electron chi connectivity index (χ2n) is 8.71. The fourth-order valence-corrected chi connectivity index (χ4v) is 4.43. The van der Waals surface area contributed by atoms with Crippen molar-refractivity contribution in [1.29, 1.82) is 0 Å². The lowest BCUT2D eigenvalue weighted by molar-refractivity contribution is -0.135. The number of carbonyl (C=O) groups excluding carboxylic acids is 3. The topological polar surface area (TPSA) is 93.8 Å². The van der Waals surface area contributed by atoms with Crippen molar-refractivity contribution in [3.05, 3.63) is 47.6 Å². The summed E-state index contributed by atoms with van der Waals surface area (Å²) in [5, 5.41) is 7.60. The van der Waals surface area contributed by atoms with E-state index in [9.17, 15) is 36.3 Å². The quantitative estimate of drug-likeness (QED) is 0.252. The van der Waals surface area contributed by atoms with Crippen molar-refractivity contribution in [3.63, 3.8) is 0 Å². The maximum atomic E-state index is 13.6. The van der Waals surface area contributed by atoms with Crippen molar-refractivity contribution in [2.45, 2.75) is 38.3 Å². The van der Waals surface area contributed by atoms with Crippen LogP contribution in [-0.4, -0.2) is 78.6 Å². The van der Waals surface area contributed by atoms with Crippen molar-refractivity contribution < 1.29 is 36.3 Å². The van der Waals surface area contributed by atoms with Crippen molar-refractivity contribution >= 4 is 40.9 Å². The van der Waals surface area contributed by atoms with Gasteiger partial charge in [0.2, 0.25) is 17.7 Å². The Morgan fingerprint density at radius 3 is 2.56 bits per heavy atom. The van der Waals surface area contributed by atoms with Crippen LogP contribution in [0.3, 0.4) is 0 Å². The highest BCUT2D eigenvalue weighted by Crippen LogP contribution is 2.26. The molecule has 3 amide bonds. The molecule has 0 aromatic heterocycles. The summed E-state index contributed by atoms with van der Waals surface area (Å²) < 4.78 is 64.0. The molecule has 1 fully saturated rings. The van der Waals surface area contributed by atoms with Gasteiger partial charge in [0.1, 0.15) is 6.54 Å². The third-order valence-corrected chi connectivity index (χ3v) is 6.21. The third-order valence-electron chi connectivity index (χ3n) is 5.46. The Hall–Kier alpha value is -3.13. The number of amides is 3. The molecule has 1 aromatic rings. The molecule has 8 nitrogen and oxygen atoms in total. The van der Waals surface area contributed by atoms with Crippen LogP contribution in [0.25, 0.3) is 0 Å². The van der Waals surface area contributed by atoms with Crippen LogP contribution >= 0.6 is 11.8 Å². The van der Waals surface area contributed by atoms with Gasteiger partial charge >= 0.3 is 6.18 Å². The molecule has 0 unspecified atom stereocenters. The number of alkyl halides is 5. The lowest BCUT2D eigenvalue weighted by atomic mass is 10.1. The average Bonchev–Trinajstić information content (AvgIpc) is 2.84. The molecule has 1 heterocycles. The number of thioether (sulfide) groups is 1. The Labute approximate surface area is 228 Å². The van der Waals surface area contributed by atoms with Crippen molar-refractivity contribution in [2.75, 3.05) is 49.6 Å². The Balaban J connectivity index is 1.88. The Morgan fingerprint density at radius 1 is 1.21 bits per heavy atom. The number of nitrogens with zero attached hydrogens (tertiary/aromatic N) is 2. The van der Waals surface area contributed by atoms with E-state index in [4.69, 9.17) is 0 Å². The van der Waals surface area contributed by atoms with Crippen LogP contribution in [0.5, 0.6) is 0 Å². The maximum Gasteiger partial charge on any atom is 0.405 e. The van der Waals surface area contributed by atoms with Crippen LogP contribution in [0.1, 0.15) is 26.2 Å². The summed E-state index contributed by atoms with van der Waals surface area (Å²) >= 11 is 1.06. The Morgan fingerprint density at radius 2 is 1.92 bits per heavy atom. The number of piperidine rings is 1. The summed E-state index contributed by atoms with van der Waals surface area (Å²) in [5.41, 5.74) is 1.06. The smallest absolute Gasteiger partial charge is 0.362 e. The van der Waals surface area contributed by atoms with E-state index >= 15 is 0 Å². The molecule has 1 aromatic carbocycles. The average molecular weight is 578 g/mol. The van der Waals surface area contributed by atoms with Crippen LogP contribution < -0.4 is 16.0 Å². The number of hydrogen-bond acceptors (Lipinski definition) is 6. The lowest BCUT2D eigenvalue weighted by Gasteiger charge is -2.31. The Bertz CT molecular complexity index is 1060. The fraction of sp³-hybridized carbons (Fsp3) is 0.480. The molecule has 0 bridgehead atoms. The summed E-state index contributed by atoms with van der Waals surface area (Å²) in [7, 11) is 0. The number of rotatable bonds is 12. The number of anilines is 2. The van der Waals surface area contributed by atoms with E-state index in [1.54, 1.807) is 42.8 Å². The van der Waals surface area contributed by atoms with E-state index < -0.39 is 37.0 Å². The van der Waals surface area contributed by atoms with E-state index in [0.717, 1.165) is 17.8 Å². The number of halogens is 5. The number of nitrogens with one attached hydrogen (secondary N) is 3. The highest BCUT2D eigenvalue weighted by atomic mass is 32.2. The van der Waals surface area contributed by atoms with Crippen LogP contribution in [0, 0.1) is 0 Å². The molecule has 14 heteroatoms. The van der Waals surface area contributed by atoms with Gasteiger partial charge in [-0.2, -0.15) is 13.2 Å². The number of carbonyl (C=O) groups is 3. The first-order chi connectivity index (χ1) is 18.3. The number of hydrogen-bond donors (Lipinski definition) is 3. The standard InChI is InChI=1S/C25H32F5N5O3S/c1-3-35(23(39-2)14-20(36)32-16-25(28,29)30)22(38)9-5-11-31-18-7-4-8-19(13-18)33-21(37)15-34-12-6-10-24(26,27)17-34/h4-5,7-8,11,13-14,31H,3,6,9-10,12,15-17H2,1-2H3,(H,32,36)(H,33,37)/b11-5-,23-14-. The molecule has 0 aliphatic carbocycles. The molecule has 1 aliphatic rings. The normalized spacial score (nSPS) is 16.1. The van der Waals surface area contributed by atoms with E-state index in [1.807, 2.05) is 0 Å². The van der Waals surface area contributed by atoms with E-state index in [-0.39, 0.29) is 36.9 Å². The first kappa shape index (κ1) is 32.1. The predicted molar refractivity (Wildman–Crippen MR) is 141 cm³/mol. The van der Waals surface area contributed by atoms with Gasteiger partial charge in [0.05, 0.1) is 18.1 Å². The zero-order valence-electron chi connectivity index (χ0n) is 21.6. The molecular weight excluding hydrogens is 545 g/mol. The molecule has 2 rings (SSSR count). The fourth-order valence-electron chi connectivity index (χ4n) is 3.75. The lowest BCUT2D eigenvalue weighted by Crippen LogP contribution is -2.45. The highest BCUT2D eigenvalue weighted by Gasteiger charge is 2.35. The summed E-state index contributed by atoms with van der Waals surface area (Å²) in [5.74, 6) is -4.52. The summed E-state index contributed by atoms with van der Waals surface area (Å²) in [6.45, 7) is 0.258. The zero-order chi connectivity index (χ0) is 29.1. The van der Waals surface area contributed by atoms with Gasteiger partial charge in [0, 0.05) is 36.8 Å². The Kier molecular flexibility index (Phi) is 12.2. The second kappa shape index (κ2) is 14.9. The van der Waals surface area contributed by atoms with Crippen LogP contribution in [-0.2, 0) is 14.4 Å². The zero-order valence-corrected chi connectivity index (χ0v) is 22.4. The summed E-state index contributed by atoms with van der Waals surface area (Å²) in [6, 6.07) is 6.70. The maximum absolute atomic E-state index is 13.6. The minimum Gasteiger partial charge on any atom is -0.362 e. The van der Waals surface area contributed by atoms with Crippen molar-refractivity contribution in [2.24, 2.45) is 0 Å². The molecule has 0 radical (unpaired) electrons. The van der Waals surface area contributed by atoms with Crippen LogP contribution in [0.2, 0.25) is 0 Å². The molecule has 39 heavy (non-hydrogen) atoms. The second-order valence-corrected chi connectivity index (χ2v) is 9.53. The first-order valence-corrected chi connectivity index (χ1v) is 13.4. The first-order valence-electron chi connectivity index (χ1n) is 12.1. The summed E-state index contributed by atoms with van der Waals surface area (Å²) in [6.07, 6.45) is 1.16. The third kappa shape index (κ3) is 12.1. The van der Waals surface area contributed by atoms with E-state index in [2.05, 4.69) is 10.6 Å². The van der Waals surface area contributed by atoms with Gasteiger partial charge < -0.3 is 20.9 Å². The molecule has 0 atom stereocenters. The van der Waals surface area contributed by atoms with Gasteiger partial charge in [0.25, 0.3) is 5.92 Å². The largest absolute Gasteiger partial charge is 0.405 e. The molecular formula is C25H32F5N5O3S. The van der Waals surface area contributed by atoms with Gasteiger partial charge in [-0.05, 0) is 50.5 Å². The highest BCUT2D eigenvalue weighted by molar-refractivity contribution is 8.02. The van der Waals surface area contributed by atoms with Gasteiger partial charge in [-0.1, -0.05) is 12.1 Å². The minimum absolute atomic E-state index is 0.0557. The van der Waals surface area contributed by atoms with Gasteiger partial charge in [-0.3, -0.25) is 19.3 Å². The van der Waals surface area contributed by atoms with Gasteiger partial charge in [-0.15, -0.1) is 11.8 Å². The van der Waals surface area contributed by atoms with Crippen molar-refractivity contribution in [3.8, 4) is 0 Å². The van der Waals surface area contributed by atoms with E-state index in [0.29, 0.717) is 24.3 Å². The molecule has 0 saturated carbocycles. The van der Waals surface area contributed by atoms with E-state index in [1.165, 1.54) is 22.1 Å². The minimum atomic E-state index is -4.54.